The Bertz CT molecular complexity index is 740. The predicted molar refractivity (Wildman–Crippen MR) is 116 cm³/mol. The van der Waals surface area contributed by atoms with Crippen LogP contribution in [0.1, 0.15) is 42.1 Å². The van der Waals surface area contributed by atoms with Gasteiger partial charge in [0.15, 0.2) is 5.96 Å². The van der Waals surface area contributed by atoms with Crippen LogP contribution in [0, 0.1) is 0 Å². The van der Waals surface area contributed by atoms with Gasteiger partial charge in [0.25, 0.3) is 0 Å². The minimum atomic E-state index is 0.288. The van der Waals surface area contributed by atoms with Gasteiger partial charge in [-0.1, -0.05) is 44.2 Å². The molecular formula is C21H31N5OS. The average Bonchev–Trinajstić information content (AvgIpc) is 3.21. The Hall–Kier alpha value is -1.96. The first-order chi connectivity index (χ1) is 13.7. The van der Waals surface area contributed by atoms with Gasteiger partial charge in [0.2, 0.25) is 0 Å². The summed E-state index contributed by atoms with van der Waals surface area (Å²) in [5, 5.41) is 10.1. The van der Waals surface area contributed by atoms with Crippen molar-refractivity contribution in [1.82, 2.24) is 20.5 Å². The average molecular weight is 402 g/mol. The molecule has 3 rings (SSSR count). The number of aromatic nitrogens is 1. The quantitative estimate of drug-likeness (QED) is 0.552. The third kappa shape index (κ3) is 5.77. The number of benzene rings is 1. The van der Waals surface area contributed by atoms with Gasteiger partial charge in [-0.25, -0.2) is 4.98 Å². The summed E-state index contributed by atoms with van der Waals surface area (Å²) in [4.78, 5) is 11.5. The van der Waals surface area contributed by atoms with Crippen molar-refractivity contribution in [3.05, 3.63) is 52.0 Å². The number of aliphatic imine (C=N–C) groups is 1. The van der Waals surface area contributed by atoms with Crippen molar-refractivity contribution in [3.8, 4) is 0 Å². The second kappa shape index (κ2) is 10.5. The molecule has 2 aromatic rings. The van der Waals surface area contributed by atoms with Gasteiger partial charge in [-0.05, 0) is 11.5 Å². The van der Waals surface area contributed by atoms with Crippen LogP contribution in [-0.4, -0.2) is 55.7 Å². The smallest absolute Gasteiger partial charge is 0.191 e. The number of hydrogen-bond donors (Lipinski definition) is 2. The lowest BCUT2D eigenvalue weighted by atomic mass is 10.0. The van der Waals surface area contributed by atoms with Crippen LogP contribution in [0.4, 0.5) is 0 Å². The van der Waals surface area contributed by atoms with E-state index in [0.717, 1.165) is 49.5 Å². The molecule has 0 aliphatic carbocycles. The second-order valence-corrected chi connectivity index (χ2v) is 8.14. The summed E-state index contributed by atoms with van der Waals surface area (Å²) in [6.07, 6.45) is 0. The van der Waals surface area contributed by atoms with Gasteiger partial charge in [-0.2, -0.15) is 0 Å². The van der Waals surface area contributed by atoms with Gasteiger partial charge in [0.05, 0.1) is 31.5 Å². The molecule has 0 amide bonds. The first-order valence-corrected chi connectivity index (χ1v) is 10.8. The van der Waals surface area contributed by atoms with E-state index >= 15 is 0 Å². The van der Waals surface area contributed by atoms with Crippen LogP contribution in [0.3, 0.4) is 0 Å². The molecule has 0 bridgehead atoms. The number of nitrogens with one attached hydrogen (secondary N) is 2. The number of guanidine groups is 1. The van der Waals surface area contributed by atoms with Gasteiger partial charge in [-0.15, -0.1) is 11.3 Å². The second-order valence-electron chi connectivity index (χ2n) is 7.20. The van der Waals surface area contributed by atoms with Crippen molar-refractivity contribution in [3.63, 3.8) is 0 Å². The molecule has 6 nitrogen and oxygen atoms in total. The predicted octanol–water partition coefficient (Wildman–Crippen LogP) is 3.01. The molecule has 152 valence electrons. The monoisotopic (exact) mass is 401 g/mol. The zero-order valence-electron chi connectivity index (χ0n) is 17.0. The summed E-state index contributed by atoms with van der Waals surface area (Å²) in [5.74, 6) is 1.26. The van der Waals surface area contributed by atoms with E-state index in [1.165, 1.54) is 5.56 Å². The summed E-state index contributed by atoms with van der Waals surface area (Å²) in [5.41, 5.74) is 2.47. The highest BCUT2D eigenvalue weighted by Crippen LogP contribution is 2.21. The zero-order chi connectivity index (χ0) is 19.8. The fourth-order valence-corrected chi connectivity index (χ4v) is 4.16. The van der Waals surface area contributed by atoms with E-state index in [2.05, 4.69) is 75.1 Å². The third-order valence-electron chi connectivity index (χ3n) is 4.93. The Kier molecular flexibility index (Phi) is 7.82. The van der Waals surface area contributed by atoms with Gasteiger partial charge in [-0.3, -0.25) is 9.89 Å². The highest BCUT2D eigenvalue weighted by atomic mass is 32.1. The molecule has 7 heteroatoms. The van der Waals surface area contributed by atoms with E-state index < -0.39 is 0 Å². The van der Waals surface area contributed by atoms with Gasteiger partial charge in [0, 0.05) is 32.1 Å². The number of rotatable bonds is 7. The Labute approximate surface area is 172 Å². The Balaban J connectivity index is 1.58. The van der Waals surface area contributed by atoms with Crippen molar-refractivity contribution in [2.75, 3.05) is 39.9 Å². The first-order valence-electron chi connectivity index (χ1n) is 9.93. The Morgan fingerprint density at radius 1 is 1.21 bits per heavy atom. The molecule has 1 atom stereocenters. The van der Waals surface area contributed by atoms with Crippen molar-refractivity contribution in [2.45, 2.75) is 32.4 Å². The normalized spacial score (nSPS) is 16.9. The van der Waals surface area contributed by atoms with E-state index in [0.29, 0.717) is 12.5 Å². The van der Waals surface area contributed by atoms with E-state index in [4.69, 9.17) is 4.74 Å². The zero-order valence-corrected chi connectivity index (χ0v) is 17.8. The lowest BCUT2D eigenvalue weighted by Crippen LogP contribution is -2.46. The van der Waals surface area contributed by atoms with E-state index in [1.807, 2.05) is 7.05 Å². The van der Waals surface area contributed by atoms with Crippen molar-refractivity contribution < 1.29 is 4.74 Å². The molecule has 1 unspecified atom stereocenters. The summed E-state index contributed by atoms with van der Waals surface area (Å²) in [6.45, 7) is 9.29. The SMILES string of the molecule is CN=C(NCc1nc(C(C)C)cs1)NCC(c1ccccc1)N1CCOCC1. The maximum absolute atomic E-state index is 5.53. The molecule has 1 saturated heterocycles. The molecule has 1 aromatic heterocycles. The van der Waals surface area contributed by atoms with Crippen LogP contribution in [0.15, 0.2) is 40.7 Å². The van der Waals surface area contributed by atoms with Crippen molar-refractivity contribution in [1.29, 1.82) is 0 Å². The fourth-order valence-electron chi connectivity index (χ4n) is 3.27. The number of nitrogens with zero attached hydrogens (tertiary/aromatic N) is 3. The van der Waals surface area contributed by atoms with Crippen LogP contribution in [0.2, 0.25) is 0 Å². The maximum atomic E-state index is 5.53. The largest absolute Gasteiger partial charge is 0.379 e. The molecule has 28 heavy (non-hydrogen) atoms. The first kappa shape index (κ1) is 20.8. The van der Waals surface area contributed by atoms with Crippen molar-refractivity contribution in [2.24, 2.45) is 4.99 Å². The minimum absolute atomic E-state index is 0.288. The van der Waals surface area contributed by atoms with Crippen LogP contribution in [-0.2, 0) is 11.3 Å². The molecule has 1 fully saturated rings. The standard InChI is InChI=1S/C21H31N5OS/c1-16(2)18-15-28-20(25-18)14-24-21(22-3)23-13-19(17-7-5-4-6-8-17)26-9-11-27-12-10-26/h4-8,15-16,19H,9-14H2,1-3H3,(H2,22,23,24). The number of hydrogen-bond acceptors (Lipinski definition) is 5. The maximum Gasteiger partial charge on any atom is 0.191 e. The summed E-state index contributed by atoms with van der Waals surface area (Å²) < 4.78 is 5.53. The minimum Gasteiger partial charge on any atom is -0.379 e. The lowest BCUT2D eigenvalue weighted by molar-refractivity contribution is 0.0170. The molecule has 2 N–H and O–H groups in total. The van der Waals surface area contributed by atoms with Crippen LogP contribution >= 0.6 is 11.3 Å². The van der Waals surface area contributed by atoms with Gasteiger partial charge < -0.3 is 15.4 Å². The Morgan fingerprint density at radius 3 is 2.61 bits per heavy atom. The van der Waals surface area contributed by atoms with E-state index in [1.54, 1.807) is 11.3 Å². The van der Waals surface area contributed by atoms with Crippen LogP contribution in [0.5, 0.6) is 0 Å². The lowest BCUT2D eigenvalue weighted by Gasteiger charge is -2.35. The van der Waals surface area contributed by atoms with Gasteiger partial charge >= 0.3 is 0 Å². The number of ether oxygens (including phenoxy) is 1. The molecular weight excluding hydrogens is 370 g/mol. The molecule has 0 radical (unpaired) electrons. The van der Waals surface area contributed by atoms with Crippen LogP contribution < -0.4 is 10.6 Å². The molecule has 1 aliphatic heterocycles. The summed E-state index contributed by atoms with van der Waals surface area (Å²) in [6, 6.07) is 10.9. The topological polar surface area (TPSA) is 61.8 Å². The van der Waals surface area contributed by atoms with Crippen LogP contribution in [0.25, 0.3) is 0 Å². The fraction of sp³-hybridized carbons (Fsp3) is 0.524. The molecule has 1 aromatic carbocycles. The molecule has 1 aliphatic rings. The molecule has 0 saturated carbocycles. The number of thiazole rings is 1. The number of morpholine rings is 1. The highest BCUT2D eigenvalue weighted by molar-refractivity contribution is 7.09. The summed E-state index contributed by atoms with van der Waals surface area (Å²) in [7, 11) is 1.81. The van der Waals surface area contributed by atoms with E-state index in [-0.39, 0.29) is 6.04 Å². The Morgan fingerprint density at radius 2 is 1.96 bits per heavy atom. The molecule has 0 spiro atoms. The third-order valence-corrected chi connectivity index (χ3v) is 5.79. The summed E-state index contributed by atoms with van der Waals surface area (Å²) >= 11 is 1.70. The highest BCUT2D eigenvalue weighted by Gasteiger charge is 2.22. The van der Waals surface area contributed by atoms with Gasteiger partial charge in [0.1, 0.15) is 5.01 Å². The molecule has 2 heterocycles. The van der Waals surface area contributed by atoms with Crippen molar-refractivity contribution >= 4 is 17.3 Å². The van der Waals surface area contributed by atoms with E-state index in [9.17, 15) is 0 Å².